The van der Waals surface area contributed by atoms with Crippen LogP contribution in [0.5, 0.6) is 0 Å². The summed E-state index contributed by atoms with van der Waals surface area (Å²) in [5, 5.41) is 12.9. The van der Waals surface area contributed by atoms with Crippen LogP contribution in [-0.4, -0.2) is 29.2 Å². The van der Waals surface area contributed by atoms with Crippen molar-refractivity contribution in [3.05, 3.63) is 74.8 Å². The third-order valence-electron chi connectivity index (χ3n) is 6.13. The van der Waals surface area contributed by atoms with E-state index >= 15 is 0 Å². The number of fused-ring (bicyclic) bond motifs is 1. The molecule has 35 heavy (non-hydrogen) atoms. The van der Waals surface area contributed by atoms with Gasteiger partial charge in [0.05, 0.1) is 6.04 Å². The first-order valence-corrected chi connectivity index (χ1v) is 12.8. The Morgan fingerprint density at radius 1 is 0.971 bits per heavy atom. The molecule has 1 aliphatic carbocycles. The lowest BCUT2D eigenvalue weighted by Crippen LogP contribution is -2.26. The molecule has 186 valence electrons. The van der Waals surface area contributed by atoms with Crippen LogP contribution < -0.4 is 5.32 Å². The number of unbranched alkanes of at least 4 members (excludes halogenated alkanes) is 3. The van der Waals surface area contributed by atoms with Gasteiger partial charge in [-0.1, -0.05) is 60.3 Å². The maximum Gasteiger partial charge on any atom is 0.220 e. The number of hydrogen-bond acceptors (Lipinski definition) is 4. The zero-order valence-corrected chi connectivity index (χ0v) is 21.2. The van der Waals surface area contributed by atoms with Gasteiger partial charge in [-0.2, -0.15) is 0 Å². The summed E-state index contributed by atoms with van der Waals surface area (Å²) in [7, 11) is 0. The van der Waals surface area contributed by atoms with Crippen molar-refractivity contribution in [2.75, 3.05) is 6.61 Å². The molecule has 3 rings (SSSR count). The number of ketones is 2. The molecule has 0 aromatic heterocycles. The molecule has 2 aromatic rings. The number of carbonyl (C=O) groups is 3. The first-order chi connectivity index (χ1) is 16.8. The van der Waals surface area contributed by atoms with Gasteiger partial charge >= 0.3 is 0 Å². The van der Waals surface area contributed by atoms with Crippen molar-refractivity contribution >= 4 is 46.8 Å². The SMILES string of the molecule is O=C(/C=C/c1ccc2c(c1)CCC2NC(=O)CCCCCCC(=O)CO)Cc1cc(Cl)cc(Cl)c1. The molecule has 0 spiro atoms. The molecule has 1 amide bonds. The Balaban J connectivity index is 1.45. The quantitative estimate of drug-likeness (QED) is 0.260. The predicted octanol–water partition coefficient (Wildman–Crippen LogP) is 5.82. The number of hydrogen-bond donors (Lipinski definition) is 2. The molecule has 0 aliphatic heterocycles. The molecule has 0 saturated carbocycles. The lowest BCUT2D eigenvalue weighted by atomic mass is 10.0. The molecule has 0 radical (unpaired) electrons. The standard InChI is InChI=1S/C28H31Cl2NO4/c29-22-14-20(15-23(30)17-22)16-24(33)10-7-19-8-11-26-21(13-19)9-12-27(26)31-28(35)6-4-2-1-3-5-25(34)18-32/h7-8,10-11,13-15,17,27,32H,1-6,9,12,16,18H2,(H,31,35)/b10-7+. The van der Waals surface area contributed by atoms with Crippen molar-refractivity contribution in [2.24, 2.45) is 0 Å². The van der Waals surface area contributed by atoms with Crippen molar-refractivity contribution in [2.45, 2.75) is 63.8 Å². The number of amides is 1. The average Bonchev–Trinajstić information content (AvgIpc) is 3.20. The fourth-order valence-electron chi connectivity index (χ4n) is 4.36. The second-order valence-corrected chi connectivity index (χ2v) is 9.86. The van der Waals surface area contributed by atoms with Gasteiger partial charge in [0.25, 0.3) is 0 Å². The zero-order chi connectivity index (χ0) is 25.2. The number of nitrogens with one attached hydrogen (secondary N) is 1. The molecule has 5 nitrogen and oxygen atoms in total. The van der Waals surface area contributed by atoms with Crippen LogP contribution in [0.1, 0.15) is 73.2 Å². The molecule has 1 unspecified atom stereocenters. The van der Waals surface area contributed by atoms with Crippen LogP contribution in [0.2, 0.25) is 10.0 Å². The molecule has 1 atom stereocenters. The molecule has 0 heterocycles. The van der Waals surface area contributed by atoms with E-state index < -0.39 is 0 Å². The smallest absolute Gasteiger partial charge is 0.220 e. The Kier molecular flexibility index (Phi) is 10.5. The van der Waals surface area contributed by atoms with Crippen molar-refractivity contribution in [1.82, 2.24) is 5.32 Å². The van der Waals surface area contributed by atoms with Crippen LogP contribution in [0.3, 0.4) is 0 Å². The number of benzene rings is 2. The third kappa shape index (κ3) is 8.92. The van der Waals surface area contributed by atoms with Gasteiger partial charge in [-0.3, -0.25) is 14.4 Å². The normalized spacial score (nSPS) is 14.8. The first kappa shape index (κ1) is 27.1. The molecule has 2 aromatic carbocycles. The topological polar surface area (TPSA) is 83.5 Å². The van der Waals surface area contributed by atoms with Gasteiger partial charge in [-0.15, -0.1) is 0 Å². The van der Waals surface area contributed by atoms with Crippen LogP contribution in [0.25, 0.3) is 6.08 Å². The summed E-state index contributed by atoms with van der Waals surface area (Å²) < 4.78 is 0. The fraction of sp³-hybridized carbons (Fsp3) is 0.393. The largest absolute Gasteiger partial charge is 0.389 e. The maximum atomic E-state index is 12.4. The molecule has 0 fully saturated rings. The van der Waals surface area contributed by atoms with Crippen LogP contribution in [-0.2, 0) is 27.2 Å². The van der Waals surface area contributed by atoms with E-state index in [2.05, 4.69) is 11.4 Å². The highest BCUT2D eigenvalue weighted by Gasteiger charge is 2.23. The number of aliphatic hydroxyl groups excluding tert-OH is 1. The summed E-state index contributed by atoms with van der Waals surface area (Å²) in [6, 6.07) is 11.2. The number of Topliss-reactive ketones (excluding diaryl/α,β-unsaturated/α-hetero) is 1. The Morgan fingerprint density at radius 3 is 2.40 bits per heavy atom. The summed E-state index contributed by atoms with van der Waals surface area (Å²) in [5.74, 6) is -0.116. The van der Waals surface area contributed by atoms with Gasteiger partial charge in [0, 0.05) is 29.3 Å². The summed E-state index contributed by atoms with van der Waals surface area (Å²) in [6.45, 7) is -0.388. The second-order valence-electron chi connectivity index (χ2n) is 8.98. The summed E-state index contributed by atoms with van der Waals surface area (Å²) in [4.78, 5) is 35.8. The van der Waals surface area contributed by atoms with Gasteiger partial charge in [-0.25, -0.2) is 0 Å². The first-order valence-electron chi connectivity index (χ1n) is 12.0. The zero-order valence-electron chi connectivity index (χ0n) is 19.7. The Morgan fingerprint density at radius 2 is 1.69 bits per heavy atom. The predicted molar refractivity (Wildman–Crippen MR) is 140 cm³/mol. The van der Waals surface area contributed by atoms with E-state index in [0.717, 1.165) is 55.2 Å². The highest BCUT2D eigenvalue weighted by atomic mass is 35.5. The lowest BCUT2D eigenvalue weighted by molar-refractivity contribution is -0.122. The molecule has 1 aliphatic rings. The summed E-state index contributed by atoms with van der Waals surface area (Å²) >= 11 is 12.0. The molecular formula is C28H31Cl2NO4. The lowest BCUT2D eigenvalue weighted by Gasteiger charge is -2.14. The molecule has 7 heteroatoms. The monoisotopic (exact) mass is 515 g/mol. The number of halogens is 2. The van der Waals surface area contributed by atoms with E-state index in [1.165, 1.54) is 5.56 Å². The number of rotatable bonds is 13. The molecule has 0 saturated heterocycles. The van der Waals surface area contributed by atoms with E-state index in [-0.39, 0.29) is 36.5 Å². The van der Waals surface area contributed by atoms with Crippen LogP contribution in [0.15, 0.2) is 42.5 Å². The van der Waals surface area contributed by atoms with Gasteiger partial charge in [0.2, 0.25) is 5.91 Å². The maximum absolute atomic E-state index is 12.4. The van der Waals surface area contributed by atoms with Crippen molar-refractivity contribution in [3.8, 4) is 0 Å². The van der Waals surface area contributed by atoms with Crippen molar-refractivity contribution in [3.63, 3.8) is 0 Å². The van der Waals surface area contributed by atoms with Crippen LogP contribution in [0, 0.1) is 0 Å². The van der Waals surface area contributed by atoms with E-state index in [9.17, 15) is 14.4 Å². The van der Waals surface area contributed by atoms with E-state index in [1.807, 2.05) is 18.2 Å². The van der Waals surface area contributed by atoms with Gasteiger partial charge in [-0.05, 0) is 72.2 Å². The second kappa shape index (κ2) is 13.6. The van der Waals surface area contributed by atoms with Gasteiger partial charge in [0.1, 0.15) is 6.61 Å². The van der Waals surface area contributed by atoms with Crippen LogP contribution in [0.4, 0.5) is 0 Å². The van der Waals surface area contributed by atoms with Crippen molar-refractivity contribution < 1.29 is 19.5 Å². The van der Waals surface area contributed by atoms with E-state index in [0.29, 0.717) is 22.9 Å². The van der Waals surface area contributed by atoms with Gasteiger partial charge in [0.15, 0.2) is 11.6 Å². The van der Waals surface area contributed by atoms with E-state index in [1.54, 1.807) is 24.3 Å². The van der Waals surface area contributed by atoms with E-state index in [4.69, 9.17) is 28.3 Å². The minimum Gasteiger partial charge on any atom is -0.389 e. The Labute approximate surface area is 216 Å². The number of allylic oxidation sites excluding steroid dienone is 1. The van der Waals surface area contributed by atoms with Crippen LogP contribution >= 0.6 is 23.2 Å². The summed E-state index contributed by atoms with van der Waals surface area (Å²) in [6.07, 6.45) is 9.58. The summed E-state index contributed by atoms with van der Waals surface area (Å²) in [5.41, 5.74) is 4.06. The fourth-order valence-corrected chi connectivity index (χ4v) is 4.93. The Bertz CT molecular complexity index is 1080. The third-order valence-corrected chi connectivity index (χ3v) is 6.56. The molecule has 2 N–H and O–H groups in total. The molecule has 0 bridgehead atoms. The van der Waals surface area contributed by atoms with Crippen molar-refractivity contribution in [1.29, 1.82) is 0 Å². The minimum atomic E-state index is -0.388. The Hall–Kier alpha value is -2.47. The van der Waals surface area contributed by atoms with Gasteiger partial charge < -0.3 is 10.4 Å². The number of aliphatic hydroxyl groups is 1. The molecular weight excluding hydrogens is 485 g/mol. The number of aryl methyl sites for hydroxylation is 1. The number of carbonyl (C=O) groups excluding carboxylic acids is 3. The average molecular weight is 516 g/mol. The highest BCUT2D eigenvalue weighted by molar-refractivity contribution is 6.34. The minimum absolute atomic E-state index is 0.0203. The highest BCUT2D eigenvalue weighted by Crippen LogP contribution is 2.32.